The van der Waals surface area contributed by atoms with Gasteiger partial charge < -0.3 is 15.2 Å². The van der Waals surface area contributed by atoms with Gasteiger partial charge in [0.2, 0.25) is 5.82 Å². The summed E-state index contributed by atoms with van der Waals surface area (Å²) >= 11 is 5.70. The summed E-state index contributed by atoms with van der Waals surface area (Å²) in [5, 5.41) is 22.6. The number of aromatic hydroxyl groups is 1. The molecule has 0 spiro atoms. The Labute approximate surface area is 144 Å². The predicted molar refractivity (Wildman–Crippen MR) is 85.1 cm³/mol. The molecule has 130 valence electrons. The summed E-state index contributed by atoms with van der Waals surface area (Å²) < 4.78 is 17.9. The largest absolute Gasteiger partial charge is 0.507 e. The maximum Gasteiger partial charge on any atom is 0.342 e. The molecule has 0 aromatic heterocycles. The van der Waals surface area contributed by atoms with Crippen molar-refractivity contribution < 1.29 is 28.7 Å². The van der Waals surface area contributed by atoms with Crippen molar-refractivity contribution in [1.82, 2.24) is 0 Å². The SMILES string of the molecule is O=C(COC(=O)c1cc(Cl)ccc1O)Nc1ccc(F)c([N+](=O)[O-])c1. The second-order valence-electron chi connectivity index (χ2n) is 4.71. The second-order valence-corrected chi connectivity index (χ2v) is 5.15. The standard InChI is InChI=1S/C15H10ClFN2O6/c16-8-1-4-13(20)10(5-8)15(22)25-7-14(21)18-9-2-3-11(17)12(6-9)19(23)24/h1-6,20H,7H2,(H,18,21). The molecule has 0 aliphatic rings. The topological polar surface area (TPSA) is 119 Å². The lowest BCUT2D eigenvalue weighted by Gasteiger charge is -2.08. The fraction of sp³-hybridized carbons (Fsp3) is 0.0667. The molecule has 10 heteroatoms. The van der Waals surface area contributed by atoms with Crippen LogP contribution in [0.3, 0.4) is 0 Å². The highest BCUT2D eigenvalue weighted by Crippen LogP contribution is 2.23. The summed E-state index contributed by atoms with van der Waals surface area (Å²) in [5.74, 6) is -3.22. The number of benzene rings is 2. The maximum atomic E-state index is 13.2. The first-order valence-electron chi connectivity index (χ1n) is 6.67. The number of amides is 1. The van der Waals surface area contributed by atoms with E-state index in [1.165, 1.54) is 18.2 Å². The molecule has 0 saturated heterocycles. The van der Waals surface area contributed by atoms with E-state index in [0.29, 0.717) is 0 Å². The van der Waals surface area contributed by atoms with Crippen LogP contribution in [0.1, 0.15) is 10.4 Å². The van der Waals surface area contributed by atoms with E-state index in [0.717, 1.165) is 18.2 Å². The number of nitrogens with one attached hydrogen (secondary N) is 1. The predicted octanol–water partition coefficient (Wildman–Crippen LogP) is 2.89. The lowest BCUT2D eigenvalue weighted by atomic mass is 10.2. The number of nitrogens with zero attached hydrogens (tertiary/aromatic N) is 1. The van der Waals surface area contributed by atoms with Crippen LogP contribution in [0.2, 0.25) is 5.02 Å². The van der Waals surface area contributed by atoms with Gasteiger partial charge in [-0.05, 0) is 30.3 Å². The molecule has 1 amide bonds. The highest BCUT2D eigenvalue weighted by Gasteiger charge is 2.17. The first-order valence-corrected chi connectivity index (χ1v) is 7.05. The van der Waals surface area contributed by atoms with Crippen molar-refractivity contribution in [2.45, 2.75) is 0 Å². The van der Waals surface area contributed by atoms with Crippen LogP contribution in [0.4, 0.5) is 15.8 Å². The number of hydrogen-bond acceptors (Lipinski definition) is 6. The van der Waals surface area contributed by atoms with Gasteiger partial charge in [0.25, 0.3) is 5.91 Å². The molecule has 0 radical (unpaired) electrons. The molecule has 0 saturated carbocycles. The highest BCUT2D eigenvalue weighted by molar-refractivity contribution is 6.31. The number of rotatable bonds is 5. The Morgan fingerprint density at radius 3 is 2.68 bits per heavy atom. The Morgan fingerprint density at radius 2 is 2.00 bits per heavy atom. The van der Waals surface area contributed by atoms with Gasteiger partial charge >= 0.3 is 11.7 Å². The minimum atomic E-state index is -1.05. The second kappa shape index (κ2) is 7.58. The van der Waals surface area contributed by atoms with Gasteiger partial charge in [-0.15, -0.1) is 0 Å². The minimum Gasteiger partial charge on any atom is -0.507 e. The Hall–Kier alpha value is -3.20. The summed E-state index contributed by atoms with van der Waals surface area (Å²) in [5.41, 5.74) is -1.07. The zero-order valence-corrected chi connectivity index (χ0v) is 13.1. The average molecular weight is 369 g/mol. The van der Waals surface area contributed by atoms with Crippen LogP contribution in [0, 0.1) is 15.9 Å². The van der Waals surface area contributed by atoms with Crippen LogP contribution in [-0.4, -0.2) is 28.5 Å². The lowest BCUT2D eigenvalue weighted by molar-refractivity contribution is -0.387. The molecule has 0 bridgehead atoms. The number of phenolic OH excluding ortho intramolecular Hbond substituents is 1. The van der Waals surface area contributed by atoms with Crippen molar-refractivity contribution in [2.24, 2.45) is 0 Å². The van der Waals surface area contributed by atoms with Gasteiger partial charge in [0.05, 0.1) is 4.92 Å². The third-order valence-electron chi connectivity index (χ3n) is 2.94. The molecule has 0 aliphatic carbocycles. The molecule has 8 nitrogen and oxygen atoms in total. The molecular formula is C15H10ClFN2O6. The van der Waals surface area contributed by atoms with Crippen LogP contribution >= 0.6 is 11.6 Å². The molecule has 0 heterocycles. The zero-order valence-electron chi connectivity index (χ0n) is 12.4. The molecule has 2 aromatic rings. The van der Waals surface area contributed by atoms with Gasteiger partial charge in [-0.1, -0.05) is 11.6 Å². The lowest BCUT2D eigenvalue weighted by Crippen LogP contribution is -2.21. The molecule has 2 rings (SSSR count). The third kappa shape index (κ3) is 4.64. The molecule has 0 atom stereocenters. The van der Waals surface area contributed by atoms with Gasteiger partial charge in [0, 0.05) is 16.8 Å². The van der Waals surface area contributed by atoms with Crippen molar-refractivity contribution in [3.05, 3.63) is 62.9 Å². The van der Waals surface area contributed by atoms with Crippen LogP contribution in [0.15, 0.2) is 36.4 Å². The average Bonchev–Trinajstić information content (AvgIpc) is 2.56. The molecule has 0 unspecified atom stereocenters. The minimum absolute atomic E-state index is 0.0419. The van der Waals surface area contributed by atoms with Gasteiger partial charge in [0.15, 0.2) is 6.61 Å². The van der Waals surface area contributed by atoms with Crippen molar-refractivity contribution in [3.63, 3.8) is 0 Å². The van der Waals surface area contributed by atoms with Crippen LogP contribution in [0.25, 0.3) is 0 Å². The molecule has 0 aliphatic heterocycles. The van der Waals surface area contributed by atoms with E-state index in [9.17, 15) is 29.2 Å². The molecular weight excluding hydrogens is 359 g/mol. The number of nitro groups is 1. The summed E-state index contributed by atoms with van der Waals surface area (Å²) in [7, 11) is 0. The quantitative estimate of drug-likeness (QED) is 0.476. The number of hydrogen-bond donors (Lipinski definition) is 2. The van der Waals surface area contributed by atoms with Crippen LogP contribution < -0.4 is 5.32 Å². The van der Waals surface area contributed by atoms with E-state index in [1.54, 1.807) is 0 Å². The Bertz CT molecular complexity index is 858. The monoisotopic (exact) mass is 368 g/mol. The molecule has 2 aromatic carbocycles. The molecule has 2 N–H and O–H groups in total. The van der Waals surface area contributed by atoms with Gasteiger partial charge in [0.1, 0.15) is 11.3 Å². The first kappa shape index (κ1) is 18.1. The number of nitro benzene ring substituents is 1. The van der Waals surface area contributed by atoms with E-state index in [1.807, 2.05) is 0 Å². The summed E-state index contributed by atoms with van der Waals surface area (Å²) in [6.07, 6.45) is 0. The Morgan fingerprint density at radius 1 is 1.28 bits per heavy atom. The van der Waals surface area contributed by atoms with E-state index >= 15 is 0 Å². The zero-order chi connectivity index (χ0) is 18.6. The van der Waals surface area contributed by atoms with Gasteiger partial charge in [-0.3, -0.25) is 14.9 Å². The van der Waals surface area contributed by atoms with Crippen molar-refractivity contribution in [2.75, 3.05) is 11.9 Å². The Kier molecular flexibility index (Phi) is 5.50. The smallest absolute Gasteiger partial charge is 0.342 e. The number of ether oxygens (including phenoxy) is 1. The van der Waals surface area contributed by atoms with Crippen molar-refractivity contribution >= 4 is 34.9 Å². The number of carbonyl (C=O) groups excluding carboxylic acids is 2. The number of esters is 1. The molecule has 25 heavy (non-hydrogen) atoms. The summed E-state index contributed by atoms with van der Waals surface area (Å²) in [4.78, 5) is 33.2. The number of halogens is 2. The van der Waals surface area contributed by atoms with Crippen molar-refractivity contribution in [3.8, 4) is 5.75 Å². The van der Waals surface area contributed by atoms with E-state index in [-0.39, 0.29) is 22.0 Å². The van der Waals surface area contributed by atoms with Crippen molar-refractivity contribution in [1.29, 1.82) is 0 Å². The summed E-state index contributed by atoms with van der Waals surface area (Å²) in [6.45, 7) is -0.726. The molecule has 0 fully saturated rings. The van der Waals surface area contributed by atoms with Crippen LogP contribution in [-0.2, 0) is 9.53 Å². The first-order chi connectivity index (χ1) is 11.8. The summed E-state index contributed by atoms with van der Waals surface area (Å²) in [6, 6.07) is 6.49. The normalized spacial score (nSPS) is 10.2. The number of phenols is 1. The van der Waals surface area contributed by atoms with E-state index in [2.05, 4.69) is 5.32 Å². The fourth-order valence-corrected chi connectivity index (χ4v) is 1.98. The van der Waals surface area contributed by atoms with Gasteiger partial charge in [-0.2, -0.15) is 4.39 Å². The number of anilines is 1. The van der Waals surface area contributed by atoms with Gasteiger partial charge in [-0.25, -0.2) is 4.79 Å². The third-order valence-corrected chi connectivity index (χ3v) is 3.17. The van der Waals surface area contributed by atoms with E-state index in [4.69, 9.17) is 16.3 Å². The maximum absolute atomic E-state index is 13.2. The Balaban J connectivity index is 1.99. The van der Waals surface area contributed by atoms with E-state index < -0.39 is 34.9 Å². The fourth-order valence-electron chi connectivity index (χ4n) is 1.81. The highest BCUT2D eigenvalue weighted by atomic mass is 35.5. The number of carbonyl (C=O) groups is 2. The van der Waals surface area contributed by atoms with Crippen LogP contribution in [0.5, 0.6) is 5.75 Å².